The molecule has 0 unspecified atom stereocenters. The maximum Gasteiger partial charge on any atom is 0.341 e. The van der Waals surface area contributed by atoms with Crippen LogP contribution in [0.25, 0.3) is 10.9 Å². The van der Waals surface area contributed by atoms with Crippen LogP contribution in [0.5, 0.6) is 0 Å². The number of carboxylic acids is 1. The first-order valence-corrected chi connectivity index (χ1v) is 15.5. The Hall–Kier alpha value is -2.90. The first-order valence-electron chi connectivity index (χ1n) is 15.5. The largest absolute Gasteiger partial charge is 0.477 e. The fraction of sp³-hybridized carbons (Fsp3) is 0.656. The number of unbranched alkanes of at least 4 members (excludes halogenated alkanes) is 12. The molecule has 2 heterocycles. The number of anilines is 1. The topological polar surface area (TPSA) is 82.8 Å². The van der Waals surface area contributed by atoms with Gasteiger partial charge in [-0.2, -0.15) is 0 Å². The molecule has 0 spiro atoms. The number of rotatable bonds is 17. The van der Waals surface area contributed by atoms with Crippen molar-refractivity contribution in [2.45, 2.75) is 110 Å². The van der Waals surface area contributed by atoms with Gasteiger partial charge in [-0.1, -0.05) is 84.0 Å². The number of amides is 1. The van der Waals surface area contributed by atoms with Crippen molar-refractivity contribution in [3.63, 3.8) is 0 Å². The second kappa shape index (κ2) is 16.4. The van der Waals surface area contributed by atoms with Crippen molar-refractivity contribution in [3.05, 3.63) is 39.9 Å². The van der Waals surface area contributed by atoms with Gasteiger partial charge in [0.25, 0.3) is 0 Å². The Labute approximate surface area is 238 Å². The summed E-state index contributed by atoms with van der Waals surface area (Å²) in [4.78, 5) is 40.6. The SMILES string of the molecule is CCCCCCCCCCCCCCCC(=O)N1CCN(c2cc3c(cc2F)c(=O)c(C(=O)O)cn3CC)CC1. The van der Waals surface area contributed by atoms with E-state index in [0.717, 1.165) is 18.9 Å². The highest BCUT2D eigenvalue weighted by Crippen LogP contribution is 2.26. The van der Waals surface area contributed by atoms with Crippen molar-refractivity contribution in [3.8, 4) is 0 Å². The zero-order valence-corrected chi connectivity index (χ0v) is 24.6. The lowest BCUT2D eigenvalue weighted by molar-refractivity contribution is -0.131. The molecule has 1 fully saturated rings. The molecule has 3 rings (SSSR count). The molecule has 2 aromatic rings. The van der Waals surface area contributed by atoms with E-state index in [1.54, 1.807) is 10.6 Å². The standard InChI is InChI=1S/C32H48FN3O4/c1-3-5-6-7-8-9-10-11-12-13-14-15-16-17-30(37)36-20-18-35(19-21-36)29-23-28-25(22-27(29)33)31(38)26(32(39)40)24-34(28)4-2/h22-24H,3-21H2,1-2H3,(H,39,40). The lowest BCUT2D eigenvalue weighted by Crippen LogP contribution is -2.49. The molecule has 1 aromatic carbocycles. The second-order valence-electron chi connectivity index (χ2n) is 11.1. The monoisotopic (exact) mass is 557 g/mol. The lowest BCUT2D eigenvalue weighted by atomic mass is 10.0. The predicted molar refractivity (Wildman–Crippen MR) is 160 cm³/mol. The van der Waals surface area contributed by atoms with Gasteiger partial charge < -0.3 is 19.5 Å². The van der Waals surface area contributed by atoms with Crippen LogP contribution in [0.3, 0.4) is 0 Å². The number of nitrogens with zero attached hydrogens (tertiary/aromatic N) is 3. The number of carboxylic acid groups (broad SMARTS) is 1. The molecule has 7 nitrogen and oxygen atoms in total. The number of aromatic carboxylic acids is 1. The molecule has 8 heteroatoms. The van der Waals surface area contributed by atoms with Gasteiger partial charge in [-0.15, -0.1) is 0 Å². The fourth-order valence-corrected chi connectivity index (χ4v) is 5.70. The first kappa shape index (κ1) is 31.6. The maximum atomic E-state index is 15.1. The number of hydrogen-bond acceptors (Lipinski definition) is 4. The minimum atomic E-state index is -1.32. The molecule has 40 heavy (non-hydrogen) atoms. The summed E-state index contributed by atoms with van der Waals surface area (Å²) in [5.74, 6) is -1.71. The third kappa shape index (κ3) is 8.80. The molecule has 0 bridgehead atoms. The van der Waals surface area contributed by atoms with Crippen LogP contribution in [0, 0.1) is 5.82 Å². The zero-order chi connectivity index (χ0) is 28.9. The van der Waals surface area contributed by atoms with Gasteiger partial charge in [0.05, 0.1) is 11.2 Å². The Kier molecular flexibility index (Phi) is 13.0. The third-order valence-electron chi connectivity index (χ3n) is 8.19. The van der Waals surface area contributed by atoms with Crippen LogP contribution in [0.15, 0.2) is 23.1 Å². The average molecular weight is 558 g/mol. The van der Waals surface area contributed by atoms with Gasteiger partial charge in [-0.05, 0) is 25.5 Å². The summed E-state index contributed by atoms with van der Waals surface area (Å²) in [6, 6.07) is 2.78. The number of aromatic nitrogens is 1. The van der Waals surface area contributed by atoms with E-state index in [9.17, 15) is 19.5 Å². The Bertz CT molecular complexity index is 1170. The summed E-state index contributed by atoms with van der Waals surface area (Å²) >= 11 is 0. The normalized spacial score (nSPS) is 13.8. The summed E-state index contributed by atoms with van der Waals surface area (Å²) in [6.07, 6.45) is 18.5. The average Bonchev–Trinajstić information content (AvgIpc) is 2.95. The van der Waals surface area contributed by atoms with Crippen molar-refractivity contribution >= 4 is 28.5 Å². The van der Waals surface area contributed by atoms with Gasteiger partial charge in [-0.25, -0.2) is 9.18 Å². The van der Waals surface area contributed by atoms with Gasteiger partial charge in [0, 0.05) is 50.7 Å². The maximum absolute atomic E-state index is 15.1. The lowest BCUT2D eigenvalue weighted by Gasteiger charge is -2.36. The number of piperazine rings is 1. The number of carbonyl (C=O) groups is 2. The van der Waals surface area contributed by atoms with Crippen LogP contribution < -0.4 is 10.3 Å². The highest BCUT2D eigenvalue weighted by atomic mass is 19.1. The number of benzene rings is 1. The van der Waals surface area contributed by atoms with Crippen molar-refractivity contribution in [1.82, 2.24) is 9.47 Å². The molecule has 0 radical (unpaired) electrons. The summed E-state index contributed by atoms with van der Waals surface area (Å²) in [5.41, 5.74) is -0.158. The van der Waals surface area contributed by atoms with Crippen molar-refractivity contribution in [2.75, 3.05) is 31.1 Å². The molecule has 1 aliphatic heterocycles. The van der Waals surface area contributed by atoms with Gasteiger partial charge in [0.15, 0.2) is 0 Å². The Balaban J connectivity index is 1.39. The van der Waals surface area contributed by atoms with E-state index >= 15 is 4.39 Å². The summed E-state index contributed by atoms with van der Waals surface area (Å²) in [5, 5.41) is 9.41. The highest BCUT2D eigenvalue weighted by molar-refractivity contribution is 5.93. The number of hydrogen-bond donors (Lipinski definition) is 1. The number of halogens is 1. The van der Waals surface area contributed by atoms with Crippen LogP contribution in [0.2, 0.25) is 0 Å². The molecule has 1 aromatic heterocycles. The molecule has 1 N–H and O–H groups in total. The van der Waals surface area contributed by atoms with E-state index in [-0.39, 0.29) is 16.9 Å². The molecule has 1 aliphatic rings. The molecule has 1 amide bonds. The number of pyridine rings is 1. The minimum absolute atomic E-state index is 0.0645. The van der Waals surface area contributed by atoms with Crippen LogP contribution in [-0.2, 0) is 11.3 Å². The summed E-state index contributed by atoms with van der Waals surface area (Å²) in [6.45, 7) is 6.64. The van der Waals surface area contributed by atoms with Crippen LogP contribution in [0.1, 0.15) is 114 Å². The van der Waals surface area contributed by atoms with Crippen molar-refractivity contribution in [2.24, 2.45) is 0 Å². The Morgan fingerprint density at radius 3 is 1.90 bits per heavy atom. The van der Waals surface area contributed by atoms with Gasteiger partial charge in [0.2, 0.25) is 11.3 Å². The molecular weight excluding hydrogens is 509 g/mol. The number of carbonyl (C=O) groups excluding carboxylic acids is 1. The highest BCUT2D eigenvalue weighted by Gasteiger charge is 2.24. The molecular formula is C32H48FN3O4. The van der Waals surface area contributed by atoms with E-state index in [4.69, 9.17) is 0 Å². The summed E-state index contributed by atoms with van der Waals surface area (Å²) < 4.78 is 16.8. The van der Waals surface area contributed by atoms with Crippen molar-refractivity contribution in [1.29, 1.82) is 0 Å². The van der Waals surface area contributed by atoms with Crippen LogP contribution in [0.4, 0.5) is 10.1 Å². The zero-order valence-electron chi connectivity index (χ0n) is 24.6. The Morgan fingerprint density at radius 1 is 0.825 bits per heavy atom. The van der Waals surface area contributed by atoms with E-state index in [1.807, 2.05) is 16.7 Å². The summed E-state index contributed by atoms with van der Waals surface area (Å²) in [7, 11) is 0. The van der Waals surface area contributed by atoms with E-state index in [2.05, 4.69) is 6.92 Å². The van der Waals surface area contributed by atoms with E-state index in [1.165, 1.54) is 76.8 Å². The van der Waals surface area contributed by atoms with Gasteiger partial charge >= 0.3 is 5.97 Å². The minimum Gasteiger partial charge on any atom is -0.477 e. The quantitative estimate of drug-likeness (QED) is 0.212. The van der Waals surface area contributed by atoms with Gasteiger partial charge in [0.1, 0.15) is 11.4 Å². The Morgan fingerprint density at radius 2 is 1.38 bits per heavy atom. The molecule has 0 atom stereocenters. The van der Waals surface area contributed by atoms with E-state index in [0.29, 0.717) is 50.3 Å². The number of aryl methyl sites for hydroxylation is 1. The molecule has 1 saturated heterocycles. The second-order valence-corrected chi connectivity index (χ2v) is 11.1. The van der Waals surface area contributed by atoms with Crippen LogP contribution >= 0.6 is 0 Å². The first-order chi connectivity index (χ1) is 19.4. The molecule has 0 aliphatic carbocycles. The van der Waals surface area contributed by atoms with Gasteiger partial charge in [-0.3, -0.25) is 9.59 Å². The van der Waals surface area contributed by atoms with Crippen LogP contribution in [-0.4, -0.2) is 52.6 Å². The molecule has 222 valence electrons. The van der Waals surface area contributed by atoms with E-state index < -0.39 is 17.2 Å². The molecule has 0 saturated carbocycles. The predicted octanol–water partition coefficient (Wildman–Crippen LogP) is 6.99. The smallest absolute Gasteiger partial charge is 0.341 e. The fourth-order valence-electron chi connectivity index (χ4n) is 5.70. The number of fused-ring (bicyclic) bond motifs is 1. The van der Waals surface area contributed by atoms with Crippen molar-refractivity contribution < 1.29 is 19.1 Å². The third-order valence-corrected chi connectivity index (χ3v) is 8.19.